The third kappa shape index (κ3) is 3.66. The maximum Gasteiger partial charge on any atom is 0.312 e. The van der Waals surface area contributed by atoms with Crippen molar-refractivity contribution in [2.45, 2.75) is 32.3 Å². The second kappa shape index (κ2) is 7.76. The van der Waals surface area contributed by atoms with E-state index in [4.69, 9.17) is 9.47 Å². The van der Waals surface area contributed by atoms with Gasteiger partial charge < -0.3 is 19.3 Å². The highest BCUT2D eigenvalue weighted by atomic mass is 16.5. The van der Waals surface area contributed by atoms with Crippen LogP contribution in [0.4, 0.5) is 5.69 Å². The number of para-hydroxylation sites is 2. The highest BCUT2D eigenvalue weighted by Gasteiger charge is 2.38. The lowest BCUT2D eigenvalue weighted by molar-refractivity contribution is -0.161. The van der Waals surface area contributed by atoms with Crippen LogP contribution in [0.3, 0.4) is 0 Å². The molecule has 2 aliphatic rings. The van der Waals surface area contributed by atoms with E-state index in [0.717, 1.165) is 12.8 Å². The van der Waals surface area contributed by atoms with E-state index in [0.29, 0.717) is 24.5 Å². The Hall–Kier alpha value is -2.57. The van der Waals surface area contributed by atoms with Crippen LogP contribution in [0.2, 0.25) is 0 Å². The molecule has 0 spiro atoms. The van der Waals surface area contributed by atoms with Crippen molar-refractivity contribution >= 4 is 23.5 Å². The molecule has 140 valence electrons. The Morgan fingerprint density at radius 2 is 1.88 bits per heavy atom. The largest absolute Gasteiger partial charge is 0.495 e. The minimum absolute atomic E-state index is 0.0709. The van der Waals surface area contributed by atoms with Gasteiger partial charge in [0.1, 0.15) is 5.75 Å². The van der Waals surface area contributed by atoms with E-state index in [1.54, 1.807) is 24.0 Å². The zero-order chi connectivity index (χ0) is 18.7. The minimum Gasteiger partial charge on any atom is -0.495 e. The number of nitrogens with zero attached hydrogens (tertiary/aromatic N) is 2. The Bertz CT molecular complexity index is 699. The fraction of sp³-hybridized carbons (Fsp3) is 0.526. The lowest BCUT2D eigenvalue weighted by atomic mass is 10.1. The zero-order valence-electron chi connectivity index (χ0n) is 15.1. The summed E-state index contributed by atoms with van der Waals surface area (Å²) in [6, 6.07) is 7.18. The number of ether oxygens (including phenoxy) is 2. The molecule has 1 aromatic carbocycles. The normalized spacial score (nSPS) is 21.0. The van der Waals surface area contributed by atoms with Crippen molar-refractivity contribution in [2.24, 2.45) is 5.92 Å². The van der Waals surface area contributed by atoms with Crippen LogP contribution < -0.4 is 9.64 Å². The van der Waals surface area contributed by atoms with E-state index < -0.39 is 18.0 Å². The van der Waals surface area contributed by atoms with Crippen molar-refractivity contribution in [2.75, 3.05) is 31.6 Å². The molecule has 0 bridgehead atoms. The average Bonchev–Trinajstić information content (AvgIpc) is 3.30. The van der Waals surface area contributed by atoms with Gasteiger partial charge in [0, 0.05) is 26.1 Å². The molecule has 2 saturated heterocycles. The zero-order valence-corrected chi connectivity index (χ0v) is 15.1. The van der Waals surface area contributed by atoms with Gasteiger partial charge in [-0.3, -0.25) is 14.4 Å². The Labute approximate surface area is 152 Å². The standard InChI is InChI=1S/C19H24N2O5/c1-13(18(23)20-9-5-6-10-20)26-19(24)14-11-17(22)21(12-14)15-7-3-4-8-16(15)25-2/h3-4,7-8,13-14H,5-6,9-12H2,1-2H3/t13-,14-/m0/s1. The van der Waals surface area contributed by atoms with Crippen molar-refractivity contribution in [1.29, 1.82) is 0 Å². The third-order valence-corrected chi connectivity index (χ3v) is 4.89. The predicted molar refractivity (Wildman–Crippen MR) is 94.8 cm³/mol. The second-order valence-electron chi connectivity index (χ2n) is 6.69. The Balaban J connectivity index is 1.62. The number of anilines is 1. The first kappa shape index (κ1) is 18.2. The molecule has 0 unspecified atom stereocenters. The number of methoxy groups -OCH3 is 1. The molecule has 2 fully saturated rings. The number of amides is 2. The smallest absolute Gasteiger partial charge is 0.312 e. The molecule has 0 saturated carbocycles. The molecule has 3 rings (SSSR count). The summed E-state index contributed by atoms with van der Waals surface area (Å²) in [5, 5.41) is 0. The van der Waals surface area contributed by atoms with Crippen molar-refractivity contribution < 1.29 is 23.9 Å². The van der Waals surface area contributed by atoms with Crippen molar-refractivity contribution in [3.8, 4) is 5.75 Å². The van der Waals surface area contributed by atoms with Crippen molar-refractivity contribution in [3.05, 3.63) is 24.3 Å². The van der Waals surface area contributed by atoms with Gasteiger partial charge in [-0.15, -0.1) is 0 Å². The van der Waals surface area contributed by atoms with Crippen LogP contribution in [0.25, 0.3) is 0 Å². The summed E-state index contributed by atoms with van der Waals surface area (Å²) in [5.74, 6) is -0.832. The van der Waals surface area contributed by atoms with E-state index in [1.807, 2.05) is 12.1 Å². The number of esters is 1. The van der Waals surface area contributed by atoms with Gasteiger partial charge in [-0.1, -0.05) is 12.1 Å². The molecule has 7 nitrogen and oxygen atoms in total. The second-order valence-corrected chi connectivity index (χ2v) is 6.69. The number of rotatable bonds is 5. The molecule has 0 aromatic heterocycles. The number of likely N-dealkylation sites (tertiary alicyclic amines) is 1. The van der Waals surface area contributed by atoms with Crippen LogP contribution in [0, 0.1) is 5.92 Å². The molecule has 0 radical (unpaired) electrons. The molecule has 0 aliphatic carbocycles. The molecule has 7 heteroatoms. The van der Waals surface area contributed by atoms with Crippen LogP contribution in [0.15, 0.2) is 24.3 Å². The third-order valence-electron chi connectivity index (χ3n) is 4.89. The van der Waals surface area contributed by atoms with Gasteiger partial charge in [0.25, 0.3) is 5.91 Å². The Morgan fingerprint density at radius 3 is 2.58 bits per heavy atom. The van der Waals surface area contributed by atoms with Crippen molar-refractivity contribution in [3.63, 3.8) is 0 Å². The lowest BCUT2D eigenvalue weighted by Gasteiger charge is -2.22. The fourth-order valence-corrected chi connectivity index (χ4v) is 3.47. The van der Waals surface area contributed by atoms with Gasteiger partial charge >= 0.3 is 5.97 Å². The number of carbonyl (C=O) groups is 3. The molecule has 2 atom stereocenters. The van der Waals surface area contributed by atoms with Gasteiger partial charge in [0.15, 0.2) is 6.10 Å². The number of carbonyl (C=O) groups excluding carboxylic acids is 3. The highest BCUT2D eigenvalue weighted by Crippen LogP contribution is 2.33. The summed E-state index contributed by atoms with van der Waals surface area (Å²) < 4.78 is 10.7. The fourth-order valence-electron chi connectivity index (χ4n) is 3.47. The molecule has 26 heavy (non-hydrogen) atoms. The van der Waals surface area contributed by atoms with E-state index in [9.17, 15) is 14.4 Å². The molecule has 1 aromatic rings. The van der Waals surface area contributed by atoms with E-state index in [-0.39, 0.29) is 24.8 Å². The first-order chi connectivity index (χ1) is 12.5. The summed E-state index contributed by atoms with van der Waals surface area (Å²) in [4.78, 5) is 40.4. The predicted octanol–water partition coefficient (Wildman–Crippen LogP) is 1.60. The van der Waals surface area contributed by atoms with Gasteiger partial charge in [0.2, 0.25) is 5.91 Å². The SMILES string of the molecule is COc1ccccc1N1C[C@@H](C(=O)O[C@@H](C)C(=O)N2CCCC2)CC1=O. The van der Waals surface area contributed by atoms with Crippen LogP contribution in [-0.4, -0.2) is 55.5 Å². The molecular weight excluding hydrogens is 336 g/mol. The highest BCUT2D eigenvalue weighted by molar-refractivity contribution is 6.00. The molecular formula is C19H24N2O5. The quantitative estimate of drug-likeness (QED) is 0.746. The van der Waals surface area contributed by atoms with E-state index >= 15 is 0 Å². The van der Waals surface area contributed by atoms with Gasteiger partial charge in [-0.05, 0) is 31.9 Å². The van der Waals surface area contributed by atoms with Gasteiger partial charge in [-0.2, -0.15) is 0 Å². The van der Waals surface area contributed by atoms with E-state index in [2.05, 4.69) is 0 Å². The first-order valence-corrected chi connectivity index (χ1v) is 8.94. The van der Waals surface area contributed by atoms with Crippen LogP contribution in [0.5, 0.6) is 5.75 Å². The average molecular weight is 360 g/mol. The van der Waals surface area contributed by atoms with Gasteiger partial charge in [-0.25, -0.2) is 0 Å². The molecule has 2 aliphatic heterocycles. The van der Waals surface area contributed by atoms with Crippen LogP contribution >= 0.6 is 0 Å². The summed E-state index contributed by atoms with van der Waals surface area (Å²) in [6.45, 7) is 3.24. The summed E-state index contributed by atoms with van der Waals surface area (Å²) >= 11 is 0. The summed E-state index contributed by atoms with van der Waals surface area (Å²) in [5.41, 5.74) is 0.636. The van der Waals surface area contributed by atoms with Crippen LogP contribution in [-0.2, 0) is 19.1 Å². The van der Waals surface area contributed by atoms with Crippen molar-refractivity contribution in [1.82, 2.24) is 4.90 Å². The molecule has 0 N–H and O–H groups in total. The number of hydrogen-bond donors (Lipinski definition) is 0. The lowest BCUT2D eigenvalue weighted by Crippen LogP contribution is -2.39. The van der Waals surface area contributed by atoms with Gasteiger partial charge in [0.05, 0.1) is 18.7 Å². The first-order valence-electron chi connectivity index (χ1n) is 8.94. The Morgan fingerprint density at radius 1 is 1.19 bits per heavy atom. The molecule has 2 amide bonds. The topological polar surface area (TPSA) is 76.2 Å². The summed E-state index contributed by atoms with van der Waals surface area (Å²) in [7, 11) is 1.54. The summed E-state index contributed by atoms with van der Waals surface area (Å²) in [6.07, 6.45) is 1.21. The number of hydrogen-bond acceptors (Lipinski definition) is 5. The minimum atomic E-state index is -0.823. The van der Waals surface area contributed by atoms with E-state index in [1.165, 1.54) is 12.0 Å². The maximum absolute atomic E-state index is 12.4. The monoisotopic (exact) mass is 360 g/mol. The molecule has 2 heterocycles. The Kier molecular flexibility index (Phi) is 5.44. The van der Waals surface area contributed by atoms with Crippen LogP contribution in [0.1, 0.15) is 26.2 Å². The maximum atomic E-state index is 12.4. The number of benzene rings is 1.